The minimum atomic E-state index is 0.438. The summed E-state index contributed by atoms with van der Waals surface area (Å²) in [7, 11) is 2.00. The highest BCUT2D eigenvalue weighted by atomic mass is 35.5. The van der Waals surface area contributed by atoms with E-state index in [1.807, 2.05) is 11.7 Å². The van der Waals surface area contributed by atoms with Gasteiger partial charge in [-0.3, -0.25) is 4.68 Å². The third-order valence-corrected chi connectivity index (χ3v) is 3.80. The molecule has 2 aromatic heterocycles. The van der Waals surface area contributed by atoms with Crippen LogP contribution in [0.5, 0.6) is 0 Å². The van der Waals surface area contributed by atoms with Gasteiger partial charge in [-0.25, -0.2) is 4.98 Å². The van der Waals surface area contributed by atoms with Crippen LogP contribution in [-0.2, 0) is 19.9 Å². The Bertz CT molecular complexity index is 555. The van der Waals surface area contributed by atoms with Gasteiger partial charge in [0.15, 0.2) is 5.65 Å². The molecule has 4 nitrogen and oxygen atoms in total. The molecule has 0 spiro atoms. The quantitative estimate of drug-likeness (QED) is 0.761. The molecule has 2 heterocycles. The topological polar surface area (TPSA) is 35.6 Å². The second-order valence-corrected chi connectivity index (χ2v) is 5.45. The van der Waals surface area contributed by atoms with Crippen LogP contribution in [0.1, 0.15) is 51.2 Å². The molecule has 0 saturated heterocycles. The number of aromatic nitrogens is 4. The Morgan fingerprint density at radius 1 is 1.32 bits per heavy atom. The lowest BCUT2D eigenvalue weighted by Crippen LogP contribution is -2.12. The smallest absolute Gasteiger partial charge is 0.158 e. The lowest BCUT2D eigenvalue weighted by atomic mass is 10.2. The number of rotatable bonds is 6. The van der Waals surface area contributed by atoms with Gasteiger partial charge in [0.25, 0.3) is 0 Å². The molecule has 1 atom stereocenters. The van der Waals surface area contributed by atoms with E-state index in [-0.39, 0.29) is 0 Å². The standard InChI is InChI=1S/C14H23ClN4/c1-5-7-10(3)19-12(8-9-15)16-13-11(6-2)17-18(4)14(13)19/h10H,5-9H2,1-4H3. The monoisotopic (exact) mass is 282 g/mol. The molecular formula is C14H23ClN4. The number of nitrogens with zero attached hydrogens (tertiary/aromatic N) is 4. The molecule has 0 aromatic carbocycles. The zero-order valence-corrected chi connectivity index (χ0v) is 13.0. The molecule has 1 unspecified atom stereocenters. The highest BCUT2D eigenvalue weighted by molar-refractivity contribution is 6.17. The molecule has 2 rings (SSSR count). The predicted molar refractivity (Wildman–Crippen MR) is 79.9 cm³/mol. The van der Waals surface area contributed by atoms with Crippen molar-refractivity contribution in [2.45, 2.75) is 52.5 Å². The Balaban J connectivity index is 2.61. The number of hydrogen-bond donors (Lipinski definition) is 0. The molecule has 0 aliphatic heterocycles. The molecule has 2 aromatic rings. The first-order chi connectivity index (χ1) is 9.13. The van der Waals surface area contributed by atoms with E-state index in [2.05, 4.69) is 30.4 Å². The van der Waals surface area contributed by atoms with E-state index in [4.69, 9.17) is 16.6 Å². The highest BCUT2D eigenvalue weighted by Gasteiger charge is 2.20. The highest BCUT2D eigenvalue weighted by Crippen LogP contribution is 2.26. The number of alkyl halides is 1. The van der Waals surface area contributed by atoms with Crippen molar-refractivity contribution in [2.75, 3.05) is 5.88 Å². The van der Waals surface area contributed by atoms with Crippen LogP contribution in [0.4, 0.5) is 0 Å². The first-order valence-corrected chi connectivity index (χ1v) is 7.66. The third-order valence-electron chi connectivity index (χ3n) is 3.61. The molecule has 0 aliphatic rings. The average Bonchev–Trinajstić information content (AvgIpc) is 2.88. The summed E-state index contributed by atoms with van der Waals surface area (Å²) in [5.74, 6) is 1.70. The Morgan fingerprint density at radius 2 is 2.05 bits per heavy atom. The van der Waals surface area contributed by atoms with E-state index in [0.29, 0.717) is 11.9 Å². The Morgan fingerprint density at radius 3 is 2.63 bits per heavy atom. The number of fused-ring (bicyclic) bond motifs is 1. The summed E-state index contributed by atoms with van der Waals surface area (Å²) in [5, 5.41) is 4.57. The van der Waals surface area contributed by atoms with E-state index in [9.17, 15) is 0 Å². The van der Waals surface area contributed by atoms with Gasteiger partial charge in [0.05, 0.1) is 5.69 Å². The molecule has 5 heteroatoms. The summed E-state index contributed by atoms with van der Waals surface area (Å²) < 4.78 is 4.29. The van der Waals surface area contributed by atoms with Gasteiger partial charge in [0.2, 0.25) is 0 Å². The molecule has 0 saturated carbocycles. The van der Waals surface area contributed by atoms with Crippen molar-refractivity contribution in [3.05, 3.63) is 11.5 Å². The van der Waals surface area contributed by atoms with Gasteiger partial charge in [-0.05, 0) is 19.8 Å². The van der Waals surface area contributed by atoms with Crippen LogP contribution in [-0.4, -0.2) is 25.2 Å². The summed E-state index contributed by atoms with van der Waals surface area (Å²) in [6.45, 7) is 6.59. The van der Waals surface area contributed by atoms with Crippen molar-refractivity contribution < 1.29 is 0 Å². The summed E-state index contributed by atoms with van der Waals surface area (Å²) in [5.41, 5.74) is 3.27. The van der Waals surface area contributed by atoms with Gasteiger partial charge in [-0.2, -0.15) is 5.10 Å². The van der Waals surface area contributed by atoms with E-state index in [1.54, 1.807) is 0 Å². The number of aryl methyl sites for hydroxylation is 3. The predicted octanol–water partition coefficient (Wildman–Crippen LogP) is 3.47. The molecule has 106 valence electrons. The van der Waals surface area contributed by atoms with Crippen LogP contribution in [0, 0.1) is 0 Å². The zero-order chi connectivity index (χ0) is 14.0. The van der Waals surface area contributed by atoms with E-state index < -0.39 is 0 Å². The fourth-order valence-corrected chi connectivity index (χ4v) is 2.93. The Hall–Kier alpha value is -1.03. The molecular weight excluding hydrogens is 260 g/mol. The first-order valence-electron chi connectivity index (χ1n) is 7.12. The van der Waals surface area contributed by atoms with Crippen LogP contribution < -0.4 is 0 Å². The van der Waals surface area contributed by atoms with Gasteiger partial charge in [0, 0.05) is 25.4 Å². The first kappa shape index (κ1) is 14.4. The van der Waals surface area contributed by atoms with Gasteiger partial charge >= 0.3 is 0 Å². The fraction of sp³-hybridized carbons (Fsp3) is 0.714. The maximum absolute atomic E-state index is 5.92. The number of hydrogen-bond acceptors (Lipinski definition) is 2. The molecule has 19 heavy (non-hydrogen) atoms. The van der Waals surface area contributed by atoms with Crippen LogP contribution in [0.2, 0.25) is 0 Å². The van der Waals surface area contributed by atoms with Gasteiger partial charge in [0.1, 0.15) is 11.3 Å². The summed E-state index contributed by atoms with van der Waals surface area (Å²) in [6.07, 6.45) is 4.04. The lowest BCUT2D eigenvalue weighted by molar-refractivity contribution is 0.486. The molecule has 0 radical (unpaired) electrons. The molecule has 0 fully saturated rings. The molecule has 0 amide bonds. The Kier molecular flexibility index (Phi) is 4.50. The van der Waals surface area contributed by atoms with Crippen LogP contribution >= 0.6 is 11.6 Å². The maximum atomic E-state index is 5.92. The van der Waals surface area contributed by atoms with Crippen molar-refractivity contribution in [3.8, 4) is 0 Å². The number of imidazole rings is 1. The minimum Gasteiger partial charge on any atom is -0.310 e. The molecule has 0 aliphatic carbocycles. The van der Waals surface area contributed by atoms with E-state index >= 15 is 0 Å². The van der Waals surface area contributed by atoms with Crippen molar-refractivity contribution in [3.63, 3.8) is 0 Å². The van der Waals surface area contributed by atoms with Gasteiger partial charge in [-0.1, -0.05) is 20.3 Å². The largest absolute Gasteiger partial charge is 0.310 e. The SMILES string of the molecule is CCCC(C)n1c(CCCl)nc2c(CC)nn(C)c21. The summed E-state index contributed by atoms with van der Waals surface area (Å²) in [4.78, 5) is 4.79. The zero-order valence-electron chi connectivity index (χ0n) is 12.3. The normalized spacial score (nSPS) is 13.3. The maximum Gasteiger partial charge on any atom is 0.158 e. The van der Waals surface area contributed by atoms with E-state index in [0.717, 1.165) is 41.9 Å². The van der Waals surface area contributed by atoms with Gasteiger partial charge < -0.3 is 4.57 Å². The average molecular weight is 283 g/mol. The molecule has 0 bridgehead atoms. The van der Waals surface area contributed by atoms with Crippen molar-refractivity contribution in [1.29, 1.82) is 0 Å². The van der Waals surface area contributed by atoms with Gasteiger partial charge in [-0.15, -0.1) is 11.6 Å². The minimum absolute atomic E-state index is 0.438. The van der Waals surface area contributed by atoms with Crippen LogP contribution in [0.15, 0.2) is 0 Å². The molecule has 0 N–H and O–H groups in total. The van der Waals surface area contributed by atoms with Crippen molar-refractivity contribution >= 4 is 22.8 Å². The Labute approximate surface area is 119 Å². The van der Waals surface area contributed by atoms with Crippen molar-refractivity contribution in [1.82, 2.24) is 19.3 Å². The summed E-state index contributed by atoms with van der Waals surface area (Å²) in [6, 6.07) is 0.438. The van der Waals surface area contributed by atoms with Crippen molar-refractivity contribution in [2.24, 2.45) is 7.05 Å². The van der Waals surface area contributed by atoms with Crippen LogP contribution in [0.3, 0.4) is 0 Å². The van der Waals surface area contributed by atoms with Crippen LogP contribution in [0.25, 0.3) is 11.2 Å². The van der Waals surface area contributed by atoms with E-state index in [1.165, 1.54) is 6.42 Å². The second-order valence-electron chi connectivity index (χ2n) is 5.07. The fourth-order valence-electron chi connectivity index (χ4n) is 2.76. The summed E-state index contributed by atoms with van der Waals surface area (Å²) >= 11 is 5.92. The lowest BCUT2D eigenvalue weighted by Gasteiger charge is -2.16. The second kappa shape index (κ2) is 5.95. The third kappa shape index (κ3) is 2.50. The number of halogens is 1.